The Labute approximate surface area is 161 Å². The molecule has 2 unspecified atom stereocenters. The predicted octanol–water partition coefficient (Wildman–Crippen LogP) is 2.01. The van der Waals surface area contributed by atoms with E-state index in [-0.39, 0.29) is 18.0 Å². The topological polar surface area (TPSA) is 73.3 Å². The van der Waals surface area contributed by atoms with Gasteiger partial charge in [-0.1, -0.05) is 6.92 Å². The Hall–Kier alpha value is -1.34. The molecule has 1 N–H and O–H groups in total. The molecule has 4 aliphatic rings. The van der Waals surface area contributed by atoms with Crippen LogP contribution in [-0.4, -0.2) is 88.8 Å². The van der Waals surface area contributed by atoms with E-state index in [1.165, 1.54) is 12.8 Å². The van der Waals surface area contributed by atoms with Gasteiger partial charge >= 0.3 is 6.09 Å². The zero-order chi connectivity index (χ0) is 19.2. The SMILES string of the molecule is CC(=O)N(CC1(C)CC1)C1CCN(C2CC3COCC(C2)N3C(=O)O)CC1. The molecule has 2 atom stereocenters. The molecular weight excluding hydrogens is 346 g/mol. The van der Waals surface area contributed by atoms with Crippen molar-refractivity contribution in [2.75, 3.05) is 32.8 Å². The second kappa shape index (κ2) is 7.24. The van der Waals surface area contributed by atoms with Gasteiger partial charge in [0.05, 0.1) is 25.3 Å². The van der Waals surface area contributed by atoms with E-state index < -0.39 is 6.09 Å². The summed E-state index contributed by atoms with van der Waals surface area (Å²) in [5.41, 5.74) is 0.351. The zero-order valence-electron chi connectivity index (χ0n) is 16.6. The predicted molar refractivity (Wildman–Crippen MR) is 101 cm³/mol. The molecule has 3 heterocycles. The van der Waals surface area contributed by atoms with Gasteiger partial charge in [0.15, 0.2) is 0 Å². The quantitative estimate of drug-likeness (QED) is 0.809. The summed E-state index contributed by atoms with van der Waals surface area (Å²) < 4.78 is 5.61. The lowest BCUT2D eigenvalue weighted by molar-refractivity contribution is -0.133. The Morgan fingerprint density at radius 3 is 2.19 bits per heavy atom. The van der Waals surface area contributed by atoms with Gasteiger partial charge in [0.2, 0.25) is 5.91 Å². The van der Waals surface area contributed by atoms with Gasteiger partial charge in [0.1, 0.15) is 0 Å². The maximum Gasteiger partial charge on any atom is 0.407 e. The normalized spacial score (nSPS) is 33.6. The number of carbonyl (C=O) groups excluding carboxylic acids is 1. The molecule has 0 radical (unpaired) electrons. The van der Waals surface area contributed by atoms with Gasteiger partial charge in [-0.25, -0.2) is 4.79 Å². The number of hydrogen-bond acceptors (Lipinski definition) is 4. The van der Waals surface area contributed by atoms with Crippen LogP contribution >= 0.6 is 0 Å². The lowest BCUT2D eigenvalue weighted by atomic mass is 9.88. The van der Waals surface area contributed by atoms with E-state index in [1.807, 2.05) is 0 Å². The molecule has 3 saturated heterocycles. The minimum Gasteiger partial charge on any atom is -0.465 e. The van der Waals surface area contributed by atoms with Crippen molar-refractivity contribution in [1.82, 2.24) is 14.7 Å². The van der Waals surface area contributed by atoms with Gasteiger partial charge in [0.25, 0.3) is 0 Å². The molecule has 0 aromatic heterocycles. The van der Waals surface area contributed by atoms with E-state index in [2.05, 4.69) is 16.7 Å². The number of likely N-dealkylation sites (tertiary alicyclic amines) is 1. The summed E-state index contributed by atoms with van der Waals surface area (Å²) in [5, 5.41) is 9.51. The first kappa shape index (κ1) is 19.0. The van der Waals surface area contributed by atoms with Crippen LogP contribution in [0.5, 0.6) is 0 Å². The van der Waals surface area contributed by atoms with Crippen LogP contribution in [-0.2, 0) is 9.53 Å². The number of nitrogens with zero attached hydrogens (tertiary/aromatic N) is 3. The smallest absolute Gasteiger partial charge is 0.407 e. The van der Waals surface area contributed by atoms with Crippen molar-refractivity contribution in [3.63, 3.8) is 0 Å². The molecule has 7 heteroatoms. The molecule has 4 fully saturated rings. The highest BCUT2D eigenvalue weighted by molar-refractivity contribution is 5.73. The van der Waals surface area contributed by atoms with Crippen molar-refractivity contribution in [1.29, 1.82) is 0 Å². The number of amides is 2. The monoisotopic (exact) mass is 379 g/mol. The summed E-state index contributed by atoms with van der Waals surface area (Å²) in [6, 6.07) is 0.771. The molecule has 2 amide bonds. The third-order valence-electron chi connectivity index (χ3n) is 7.23. The maximum atomic E-state index is 12.2. The van der Waals surface area contributed by atoms with Crippen molar-refractivity contribution < 1.29 is 19.4 Å². The van der Waals surface area contributed by atoms with E-state index in [0.29, 0.717) is 30.7 Å². The summed E-state index contributed by atoms with van der Waals surface area (Å²) in [7, 11) is 0. The molecule has 4 rings (SSSR count). The van der Waals surface area contributed by atoms with Crippen LogP contribution in [0, 0.1) is 5.41 Å². The van der Waals surface area contributed by atoms with Gasteiger partial charge < -0.3 is 19.6 Å². The highest BCUT2D eigenvalue weighted by atomic mass is 16.5. The number of carboxylic acid groups (broad SMARTS) is 1. The number of morpholine rings is 1. The third-order valence-corrected chi connectivity index (χ3v) is 7.23. The average molecular weight is 380 g/mol. The highest BCUT2D eigenvalue weighted by Crippen LogP contribution is 2.46. The second-order valence-electron chi connectivity index (χ2n) is 9.38. The minimum absolute atomic E-state index is 0.0127. The Balaban J connectivity index is 1.34. The summed E-state index contributed by atoms with van der Waals surface area (Å²) in [4.78, 5) is 30.1. The van der Waals surface area contributed by atoms with Crippen LogP contribution < -0.4 is 0 Å². The van der Waals surface area contributed by atoms with Gasteiger partial charge in [-0.05, 0) is 43.9 Å². The molecule has 3 aliphatic heterocycles. The standard InChI is InChI=1S/C20H33N3O4/c1-14(24)22(13-20(2)5-6-20)15-3-7-21(8-4-15)16-9-17-11-27-12-18(10-16)23(17)19(25)26/h15-18H,3-13H2,1-2H3,(H,25,26). The molecule has 0 aromatic carbocycles. The molecule has 27 heavy (non-hydrogen) atoms. The largest absolute Gasteiger partial charge is 0.465 e. The third kappa shape index (κ3) is 3.94. The number of carbonyl (C=O) groups is 2. The van der Waals surface area contributed by atoms with Gasteiger partial charge in [-0.15, -0.1) is 0 Å². The van der Waals surface area contributed by atoms with Crippen molar-refractivity contribution in [3.8, 4) is 0 Å². The lowest BCUT2D eigenvalue weighted by Crippen LogP contribution is -2.63. The van der Waals surface area contributed by atoms with Crippen LogP contribution in [0.2, 0.25) is 0 Å². The summed E-state index contributed by atoms with van der Waals surface area (Å²) in [6.45, 7) is 7.95. The van der Waals surface area contributed by atoms with Crippen LogP contribution in [0.3, 0.4) is 0 Å². The molecule has 1 saturated carbocycles. The van der Waals surface area contributed by atoms with E-state index in [1.54, 1.807) is 11.8 Å². The lowest BCUT2D eigenvalue weighted by Gasteiger charge is -2.51. The Morgan fingerprint density at radius 2 is 1.70 bits per heavy atom. The molecular formula is C20H33N3O4. The molecule has 0 spiro atoms. The summed E-state index contributed by atoms with van der Waals surface area (Å²) in [5.74, 6) is 0.211. The number of ether oxygens (including phenoxy) is 1. The van der Waals surface area contributed by atoms with E-state index in [0.717, 1.165) is 45.3 Å². The van der Waals surface area contributed by atoms with Crippen LogP contribution in [0.15, 0.2) is 0 Å². The fourth-order valence-electron chi connectivity index (χ4n) is 5.34. The van der Waals surface area contributed by atoms with Crippen LogP contribution in [0.25, 0.3) is 0 Å². The van der Waals surface area contributed by atoms with E-state index in [9.17, 15) is 14.7 Å². The molecule has 7 nitrogen and oxygen atoms in total. The molecule has 152 valence electrons. The van der Waals surface area contributed by atoms with Gasteiger partial charge in [0, 0.05) is 38.6 Å². The van der Waals surface area contributed by atoms with Crippen molar-refractivity contribution in [3.05, 3.63) is 0 Å². The Bertz CT molecular complexity index is 572. The zero-order valence-corrected chi connectivity index (χ0v) is 16.6. The number of fused-ring (bicyclic) bond motifs is 2. The van der Waals surface area contributed by atoms with Gasteiger partial charge in [-0.2, -0.15) is 0 Å². The summed E-state index contributed by atoms with van der Waals surface area (Å²) in [6.07, 6.45) is 5.45. The van der Waals surface area contributed by atoms with Crippen LogP contribution in [0.1, 0.15) is 52.4 Å². The van der Waals surface area contributed by atoms with E-state index in [4.69, 9.17) is 4.74 Å². The minimum atomic E-state index is -0.809. The fourth-order valence-corrected chi connectivity index (χ4v) is 5.34. The summed E-state index contributed by atoms with van der Waals surface area (Å²) >= 11 is 0. The molecule has 0 aromatic rings. The molecule has 1 aliphatic carbocycles. The maximum absolute atomic E-state index is 12.2. The Morgan fingerprint density at radius 1 is 1.11 bits per heavy atom. The molecule has 2 bridgehead atoms. The van der Waals surface area contributed by atoms with Gasteiger partial charge in [-0.3, -0.25) is 9.69 Å². The fraction of sp³-hybridized carbons (Fsp3) is 0.900. The number of piperidine rings is 2. The first-order valence-corrected chi connectivity index (χ1v) is 10.5. The van der Waals surface area contributed by atoms with Crippen molar-refractivity contribution >= 4 is 12.0 Å². The first-order chi connectivity index (χ1) is 12.9. The first-order valence-electron chi connectivity index (χ1n) is 10.5. The van der Waals surface area contributed by atoms with E-state index >= 15 is 0 Å². The number of hydrogen-bond donors (Lipinski definition) is 1. The highest BCUT2D eigenvalue weighted by Gasteiger charge is 2.45. The average Bonchev–Trinajstić information content (AvgIpc) is 3.36. The van der Waals surface area contributed by atoms with Crippen molar-refractivity contribution in [2.45, 2.75) is 76.5 Å². The number of rotatable bonds is 4. The van der Waals surface area contributed by atoms with Crippen molar-refractivity contribution in [2.24, 2.45) is 5.41 Å². The second-order valence-corrected chi connectivity index (χ2v) is 9.38. The Kier molecular flexibility index (Phi) is 5.10. The van der Waals surface area contributed by atoms with Crippen LogP contribution in [0.4, 0.5) is 4.79 Å².